The monoisotopic (exact) mass is 225 g/mol. The van der Waals surface area contributed by atoms with Gasteiger partial charge in [-0.25, -0.2) is 0 Å². The fourth-order valence-corrected chi connectivity index (χ4v) is 2.52. The molecule has 64 valence electrons. The molecule has 0 saturated carbocycles. The van der Waals surface area contributed by atoms with Gasteiger partial charge in [-0.15, -0.1) is 0 Å². The molecule has 2 heteroatoms. The molecule has 2 rings (SSSR count). The van der Waals surface area contributed by atoms with Crippen LogP contribution in [0.2, 0.25) is 0 Å². The summed E-state index contributed by atoms with van der Waals surface area (Å²) in [5.74, 6) is 0. The smallest absolute Gasteiger partial charge is 0.0574 e. The number of rotatable bonds is 0. The first-order valence-corrected chi connectivity index (χ1v) is 5.29. The van der Waals surface area contributed by atoms with Gasteiger partial charge in [-0.05, 0) is 43.4 Å². The summed E-state index contributed by atoms with van der Waals surface area (Å²) in [6, 6.07) is 2.10. The first-order valence-electron chi connectivity index (χ1n) is 4.37. The summed E-state index contributed by atoms with van der Waals surface area (Å²) in [5.41, 5.74) is 4.12. The van der Waals surface area contributed by atoms with Crippen LogP contribution in [-0.4, -0.2) is 4.98 Å². The van der Waals surface area contributed by atoms with E-state index in [0.29, 0.717) is 4.83 Å². The molecule has 1 aliphatic carbocycles. The SMILES string of the molecule is Cc1ccnc2c1CCCC2Br. The zero-order valence-electron chi connectivity index (χ0n) is 7.18. The van der Waals surface area contributed by atoms with E-state index in [9.17, 15) is 0 Å². The zero-order valence-corrected chi connectivity index (χ0v) is 8.76. The zero-order chi connectivity index (χ0) is 8.55. The highest BCUT2D eigenvalue weighted by atomic mass is 79.9. The molecule has 0 amide bonds. The Bertz CT molecular complexity index is 296. The number of nitrogens with zero attached hydrogens (tertiary/aromatic N) is 1. The average molecular weight is 226 g/mol. The van der Waals surface area contributed by atoms with Crippen LogP contribution in [0.1, 0.15) is 34.5 Å². The van der Waals surface area contributed by atoms with E-state index in [2.05, 4.69) is 33.9 Å². The molecule has 1 aliphatic rings. The molecule has 12 heavy (non-hydrogen) atoms. The maximum absolute atomic E-state index is 4.41. The van der Waals surface area contributed by atoms with Crippen molar-refractivity contribution < 1.29 is 0 Å². The van der Waals surface area contributed by atoms with E-state index in [1.54, 1.807) is 0 Å². The molecule has 1 unspecified atom stereocenters. The Hall–Kier alpha value is -0.370. The van der Waals surface area contributed by atoms with Crippen molar-refractivity contribution in [2.45, 2.75) is 31.0 Å². The Morgan fingerprint density at radius 2 is 2.42 bits per heavy atom. The molecule has 0 aliphatic heterocycles. The van der Waals surface area contributed by atoms with Gasteiger partial charge in [-0.3, -0.25) is 4.98 Å². The summed E-state index contributed by atoms with van der Waals surface area (Å²) in [7, 11) is 0. The maximum Gasteiger partial charge on any atom is 0.0574 e. The summed E-state index contributed by atoms with van der Waals surface area (Å²) in [6.45, 7) is 2.17. The molecule has 0 bridgehead atoms. The Morgan fingerprint density at radius 1 is 1.58 bits per heavy atom. The van der Waals surface area contributed by atoms with E-state index >= 15 is 0 Å². The lowest BCUT2D eigenvalue weighted by Crippen LogP contribution is -2.08. The Labute approximate surface area is 81.3 Å². The third kappa shape index (κ3) is 1.28. The van der Waals surface area contributed by atoms with Gasteiger partial charge in [0.05, 0.1) is 10.5 Å². The van der Waals surface area contributed by atoms with Crippen LogP contribution in [0.4, 0.5) is 0 Å². The van der Waals surface area contributed by atoms with Crippen molar-refractivity contribution in [3.8, 4) is 0 Å². The topological polar surface area (TPSA) is 12.9 Å². The summed E-state index contributed by atoms with van der Waals surface area (Å²) >= 11 is 3.66. The van der Waals surface area contributed by atoms with Crippen LogP contribution < -0.4 is 0 Å². The number of pyridine rings is 1. The summed E-state index contributed by atoms with van der Waals surface area (Å²) in [6.07, 6.45) is 5.63. The molecule has 1 aromatic rings. The second kappa shape index (κ2) is 3.17. The van der Waals surface area contributed by atoms with Gasteiger partial charge in [0.25, 0.3) is 0 Å². The van der Waals surface area contributed by atoms with E-state index in [0.717, 1.165) is 0 Å². The van der Waals surface area contributed by atoms with E-state index in [1.807, 2.05) is 6.20 Å². The average Bonchev–Trinajstić information content (AvgIpc) is 2.07. The Balaban J connectivity index is 2.52. The van der Waals surface area contributed by atoms with Crippen LogP contribution in [0.15, 0.2) is 12.3 Å². The molecule has 1 atom stereocenters. The molecule has 0 saturated heterocycles. The first kappa shape index (κ1) is 8.24. The van der Waals surface area contributed by atoms with Gasteiger partial charge in [-0.1, -0.05) is 15.9 Å². The number of aryl methyl sites for hydroxylation is 1. The third-order valence-corrected chi connectivity index (χ3v) is 3.40. The fourth-order valence-electron chi connectivity index (χ4n) is 1.80. The Morgan fingerprint density at radius 3 is 3.17 bits per heavy atom. The number of hydrogen-bond acceptors (Lipinski definition) is 1. The molecule has 0 fully saturated rings. The van der Waals surface area contributed by atoms with E-state index in [1.165, 1.54) is 36.1 Å². The van der Waals surface area contributed by atoms with Crippen LogP contribution in [-0.2, 0) is 6.42 Å². The predicted molar refractivity (Wildman–Crippen MR) is 53.6 cm³/mol. The molecular weight excluding hydrogens is 214 g/mol. The van der Waals surface area contributed by atoms with Crippen molar-refractivity contribution in [3.05, 3.63) is 29.1 Å². The summed E-state index contributed by atoms with van der Waals surface area (Å²) < 4.78 is 0. The van der Waals surface area contributed by atoms with Gasteiger partial charge < -0.3 is 0 Å². The summed E-state index contributed by atoms with van der Waals surface area (Å²) in [5, 5.41) is 0. The quantitative estimate of drug-likeness (QED) is 0.619. The van der Waals surface area contributed by atoms with Crippen LogP contribution in [0.3, 0.4) is 0 Å². The van der Waals surface area contributed by atoms with Crippen molar-refractivity contribution in [2.24, 2.45) is 0 Å². The number of alkyl halides is 1. The summed E-state index contributed by atoms with van der Waals surface area (Å²) in [4.78, 5) is 4.90. The minimum atomic E-state index is 0.487. The van der Waals surface area contributed by atoms with Crippen LogP contribution in [0.5, 0.6) is 0 Å². The van der Waals surface area contributed by atoms with E-state index in [4.69, 9.17) is 0 Å². The number of aromatic nitrogens is 1. The first-order chi connectivity index (χ1) is 5.79. The van der Waals surface area contributed by atoms with E-state index < -0.39 is 0 Å². The predicted octanol–water partition coefficient (Wildman–Crippen LogP) is 3.16. The van der Waals surface area contributed by atoms with Crippen molar-refractivity contribution in [1.82, 2.24) is 4.98 Å². The molecule has 1 aromatic heterocycles. The number of fused-ring (bicyclic) bond motifs is 1. The van der Waals surface area contributed by atoms with Crippen LogP contribution in [0.25, 0.3) is 0 Å². The number of halogens is 1. The van der Waals surface area contributed by atoms with Gasteiger partial charge >= 0.3 is 0 Å². The van der Waals surface area contributed by atoms with Gasteiger partial charge in [0.1, 0.15) is 0 Å². The highest BCUT2D eigenvalue weighted by Gasteiger charge is 2.19. The van der Waals surface area contributed by atoms with E-state index in [-0.39, 0.29) is 0 Å². The van der Waals surface area contributed by atoms with Gasteiger partial charge in [0, 0.05) is 6.20 Å². The lowest BCUT2D eigenvalue weighted by molar-refractivity contribution is 0.659. The fraction of sp³-hybridized carbons (Fsp3) is 0.500. The normalized spacial score (nSPS) is 22.0. The Kier molecular flexibility index (Phi) is 2.18. The van der Waals surface area contributed by atoms with Crippen molar-refractivity contribution in [2.75, 3.05) is 0 Å². The van der Waals surface area contributed by atoms with Crippen LogP contribution >= 0.6 is 15.9 Å². The largest absolute Gasteiger partial charge is 0.260 e. The lowest BCUT2D eigenvalue weighted by atomic mass is 9.93. The van der Waals surface area contributed by atoms with Crippen molar-refractivity contribution >= 4 is 15.9 Å². The molecular formula is C10H12BrN. The molecule has 1 nitrogen and oxygen atoms in total. The molecule has 0 aromatic carbocycles. The van der Waals surface area contributed by atoms with Gasteiger partial charge in [0.15, 0.2) is 0 Å². The maximum atomic E-state index is 4.41. The highest BCUT2D eigenvalue weighted by Crippen LogP contribution is 2.35. The molecule has 0 spiro atoms. The van der Waals surface area contributed by atoms with Gasteiger partial charge in [-0.2, -0.15) is 0 Å². The van der Waals surface area contributed by atoms with Crippen LogP contribution in [0, 0.1) is 6.92 Å². The lowest BCUT2D eigenvalue weighted by Gasteiger charge is -2.20. The number of hydrogen-bond donors (Lipinski definition) is 0. The second-order valence-corrected chi connectivity index (χ2v) is 4.46. The third-order valence-electron chi connectivity index (χ3n) is 2.50. The van der Waals surface area contributed by atoms with Crippen molar-refractivity contribution in [3.63, 3.8) is 0 Å². The van der Waals surface area contributed by atoms with Gasteiger partial charge in [0.2, 0.25) is 0 Å². The standard InChI is InChI=1S/C10H12BrN/c1-7-5-6-12-10-8(7)3-2-4-9(10)11/h5-6,9H,2-4H2,1H3. The molecule has 1 heterocycles. The van der Waals surface area contributed by atoms with Crippen molar-refractivity contribution in [1.29, 1.82) is 0 Å². The second-order valence-electron chi connectivity index (χ2n) is 3.35. The highest BCUT2D eigenvalue weighted by molar-refractivity contribution is 9.09. The molecule has 0 N–H and O–H groups in total. The minimum absolute atomic E-state index is 0.487. The molecule has 0 radical (unpaired) electrons. The minimum Gasteiger partial charge on any atom is -0.260 e.